The zero-order chi connectivity index (χ0) is 20.1. The number of aryl methyl sites for hydroxylation is 1. The average molecular weight is 465 g/mol. The lowest BCUT2D eigenvalue weighted by atomic mass is 9.77. The minimum absolute atomic E-state index is 0.0938. The van der Waals surface area contributed by atoms with Gasteiger partial charge in [0.1, 0.15) is 0 Å². The number of hydrogen-bond acceptors (Lipinski definition) is 3. The van der Waals surface area contributed by atoms with Crippen LogP contribution in [0.4, 0.5) is 13.2 Å². The molecule has 0 radical (unpaired) electrons. The Morgan fingerprint density at radius 1 is 1.22 bits per heavy atom. The molecule has 1 aromatic heterocycles. The fourth-order valence-electron chi connectivity index (χ4n) is 3.10. The van der Waals surface area contributed by atoms with Gasteiger partial charge in [-0.3, -0.25) is 4.57 Å². The Kier molecular flexibility index (Phi) is 4.95. The van der Waals surface area contributed by atoms with Crippen LogP contribution in [0.5, 0.6) is 0 Å². The minimum atomic E-state index is -5.00. The highest BCUT2D eigenvalue weighted by Crippen LogP contribution is 2.50. The summed E-state index contributed by atoms with van der Waals surface area (Å²) in [5.41, 5.74) is -3.22. The molecule has 0 saturated carbocycles. The van der Waals surface area contributed by atoms with Crippen molar-refractivity contribution in [2.75, 3.05) is 0 Å². The molecule has 27 heavy (non-hydrogen) atoms. The fraction of sp³-hybridized carbons (Fsp3) is 0.278. The van der Waals surface area contributed by atoms with Gasteiger partial charge < -0.3 is 9.52 Å². The van der Waals surface area contributed by atoms with Gasteiger partial charge >= 0.3 is 11.9 Å². The molecule has 0 spiro atoms. The normalized spacial score (nSPS) is 15.7. The van der Waals surface area contributed by atoms with Gasteiger partial charge in [-0.15, -0.1) is 0 Å². The molecule has 0 saturated heterocycles. The van der Waals surface area contributed by atoms with E-state index >= 15 is 0 Å². The van der Waals surface area contributed by atoms with E-state index in [4.69, 9.17) is 16.0 Å². The summed E-state index contributed by atoms with van der Waals surface area (Å²) in [7, 11) is 1.37. The van der Waals surface area contributed by atoms with E-state index in [1.54, 1.807) is 6.07 Å². The maximum atomic E-state index is 14.0. The average Bonchev–Trinajstić information content (AvgIpc) is 2.86. The molecule has 0 bridgehead atoms. The second-order valence-corrected chi connectivity index (χ2v) is 7.58. The van der Waals surface area contributed by atoms with Crippen LogP contribution in [0.2, 0.25) is 5.02 Å². The topological polar surface area (TPSA) is 55.4 Å². The van der Waals surface area contributed by atoms with Crippen molar-refractivity contribution in [1.29, 1.82) is 0 Å². The van der Waals surface area contributed by atoms with Gasteiger partial charge in [-0.1, -0.05) is 46.6 Å². The zero-order valence-electron chi connectivity index (χ0n) is 14.1. The van der Waals surface area contributed by atoms with E-state index in [0.29, 0.717) is 4.47 Å². The lowest BCUT2D eigenvalue weighted by Gasteiger charge is -2.37. The van der Waals surface area contributed by atoms with E-state index in [9.17, 15) is 23.1 Å². The smallest absolute Gasteiger partial charge is 0.408 e. The number of rotatable bonds is 3. The largest absolute Gasteiger partial charge is 0.422 e. The number of benzene rings is 2. The summed E-state index contributed by atoms with van der Waals surface area (Å²) in [5.74, 6) is -2.12. The molecular weight excluding hydrogens is 451 g/mol. The van der Waals surface area contributed by atoms with Crippen LogP contribution in [0.15, 0.2) is 50.1 Å². The maximum Gasteiger partial charge on any atom is 0.422 e. The summed E-state index contributed by atoms with van der Waals surface area (Å²) in [6, 6.07) is 7.89. The van der Waals surface area contributed by atoms with Crippen LogP contribution in [0, 0.1) is 0 Å². The van der Waals surface area contributed by atoms with Crippen molar-refractivity contribution in [2.24, 2.45) is 7.05 Å². The number of hydrogen-bond donors (Lipinski definition) is 1. The van der Waals surface area contributed by atoms with Gasteiger partial charge in [0.15, 0.2) is 11.2 Å². The Morgan fingerprint density at radius 2 is 1.89 bits per heavy atom. The molecule has 0 aliphatic heterocycles. The number of oxazole rings is 1. The zero-order valence-corrected chi connectivity index (χ0v) is 16.5. The Balaban J connectivity index is 2.24. The van der Waals surface area contributed by atoms with Crippen LogP contribution in [0.1, 0.15) is 24.0 Å². The van der Waals surface area contributed by atoms with Gasteiger partial charge in [0.05, 0.1) is 5.52 Å². The van der Waals surface area contributed by atoms with E-state index in [1.807, 2.05) is 0 Å². The van der Waals surface area contributed by atoms with E-state index in [0.717, 1.165) is 16.7 Å². The van der Waals surface area contributed by atoms with Crippen molar-refractivity contribution in [1.82, 2.24) is 4.57 Å². The van der Waals surface area contributed by atoms with Gasteiger partial charge in [0, 0.05) is 22.5 Å². The predicted molar refractivity (Wildman–Crippen MR) is 99.0 cm³/mol. The number of nitrogens with zero attached hydrogens (tertiary/aromatic N) is 1. The maximum absolute atomic E-state index is 14.0. The molecule has 0 amide bonds. The molecule has 1 N–H and O–H groups in total. The van der Waals surface area contributed by atoms with Crippen molar-refractivity contribution < 1.29 is 22.7 Å². The predicted octanol–water partition coefficient (Wildman–Crippen LogP) is 5.10. The highest BCUT2D eigenvalue weighted by Gasteiger charge is 2.59. The van der Waals surface area contributed by atoms with Crippen LogP contribution in [0.3, 0.4) is 0 Å². The monoisotopic (exact) mass is 463 g/mol. The van der Waals surface area contributed by atoms with E-state index in [-0.39, 0.29) is 21.7 Å². The summed E-state index contributed by atoms with van der Waals surface area (Å²) in [6.45, 7) is 1.25. The highest BCUT2D eigenvalue weighted by atomic mass is 79.9. The van der Waals surface area contributed by atoms with Gasteiger partial charge in [0.25, 0.3) is 0 Å². The highest BCUT2D eigenvalue weighted by molar-refractivity contribution is 9.10. The molecule has 3 aromatic rings. The molecule has 0 fully saturated rings. The summed E-state index contributed by atoms with van der Waals surface area (Å²) < 4.78 is 48.8. The molecule has 3 rings (SSSR count). The second-order valence-electron chi connectivity index (χ2n) is 6.26. The molecule has 0 unspecified atom stereocenters. The van der Waals surface area contributed by atoms with Gasteiger partial charge in [-0.05, 0) is 35.4 Å². The standard InChI is InChI=1S/C18H14BrClF3NO3/c1-9(12-5-4-11(19)8-13(12)20)17(26,18(21,22)23)10-3-6-15-14(7-10)24(2)16(25)27-15/h3-9,26H,1-2H3/t9-,17-/m1/s1. The van der Waals surface area contributed by atoms with Crippen LogP contribution >= 0.6 is 27.5 Å². The van der Waals surface area contributed by atoms with Crippen LogP contribution in [-0.4, -0.2) is 15.8 Å². The number of alkyl halides is 3. The van der Waals surface area contributed by atoms with Gasteiger partial charge in [-0.25, -0.2) is 4.79 Å². The Hall–Kier alpha value is -1.77. The summed E-state index contributed by atoms with van der Waals surface area (Å²) >= 11 is 9.33. The van der Waals surface area contributed by atoms with Gasteiger partial charge in [0.2, 0.25) is 0 Å². The molecule has 2 atom stereocenters. The molecule has 9 heteroatoms. The lowest BCUT2D eigenvalue weighted by Crippen LogP contribution is -2.46. The van der Waals surface area contributed by atoms with Gasteiger partial charge in [-0.2, -0.15) is 13.2 Å². The number of aliphatic hydroxyl groups is 1. The third kappa shape index (κ3) is 3.19. The second kappa shape index (κ2) is 6.68. The van der Waals surface area contributed by atoms with Crippen molar-refractivity contribution >= 4 is 38.6 Å². The van der Waals surface area contributed by atoms with Crippen molar-refractivity contribution in [3.05, 3.63) is 67.6 Å². The molecule has 144 valence electrons. The quantitative estimate of drug-likeness (QED) is 0.587. The van der Waals surface area contributed by atoms with Crippen molar-refractivity contribution in [3.63, 3.8) is 0 Å². The Morgan fingerprint density at radius 3 is 2.48 bits per heavy atom. The first-order chi connectivity index (χ1) is 12.5. The fourth-order valence-corrected chi connectivity index (χ4v) is 3.94. The third-order valence-electron chi connectivity index (χ3n) is 4.72. The van der Waals surface area contributed by atoms with Crippen LogP contribution < -0.4 is 5.76 Å². The molecule has 0 aliphatic carbocycles. The summed E-state index contributed by atoms with van der Waals surface area (Å²) in [5, 5.41) is 11.0. The number of aromatic nitrogens is 1. The first-order valence-electron chi connectivity index (χ1n) is 7.81. The SMILES string of the molecule is C[C@H](c1ccc(Br)cc1Cl)[C@@](O)(c1ccc2oc(=O)n(C)c2c1)C(F)(F)F. The van der Waals surface area contributed by atoms with Crippen molar-refractivity contribution in [2.45, 2.75) is 24.6 Å². The molecule has 4 nitrogen and oxygen atoms in total. The van der Waals surface area contributed by atoms with Crippen LogP contribution in [-0.2, 0) is 12.6 Å². The third-order valence-corrected chi connectivity index (χ3v) is 5.54. The van der Waals surface area contributed by atoms with E-state index < -0.39 is 29.0 Å². The molecule has 2 aromatic carbocycles. The summed E-state index contributed by atoms with van der Waals surface area (Å²) in [6.07, 6.45) is -5.00. The number of fused-ring (bicyclic) bond motifs is 1. The lowest BCUT2D eigenvalue weighted by molar-refractivity contribution is -0.274. The summed E-state index contributed by atoms with van der Waals surface area (Å²) in [4.78, 5) is 11.6. The molecule has 1 heterocycles. The first-order valence-corrected chi connectivity index (χ1v) is 8.98. The Labute approximate surface area is 165 Å². The molecule has 0 aliphatic rings. The first kappa shape index (κ1) is 20.0. The van der Waals surface area contributed by atoms with Crippen molar-refractivity contribution in [3.8, 4) is 0 Å². The van der Waals surface area contributed by atoms with E-state index in [1.165, 1.54) is 32.2 Å². The number of halogens is 5. The Bertz CT molecular complexity index is 1080. The van der Waals surface area contributed by atoms with E-state index in [2.05, 4.69) is 15.9 Å². The minimum Gasteiger partial charge on any atom is -0.408 e. The van der Waals surface area contributed by atoms with Crippen LogP contribution in [0.25, 0.3) is 11.1 Å². The molecular formula is C18H14BrClF3NO3.